The van der Waals surface area contributed by atoms with Crippen LogP contribution < -0.4 is 10.1 Å². The maximum absolute atomic E-state index is 5.48. The number of rotatable bonds is 8. The third-order valence-corrected chi connectivity index (χ3v) is 6.74. The fourth-order valence-electron chi connectivity index (χ4n) is 3.23. The Morgan fingerprint density at radius 1 is 1.24 bits per heavy atom. The van der Waals surface area contributed by atoms with Crippen LogP contribution in [0.5, 0.6) is 5.75 Å². The Bertz CT molecular complexity index is 430. The van der Waals surface area contributed by atoms with E-state index >= 15 is 0 Å². The van der Waals surface area contributed by atoms with E-state index in [1.165, 1.54) is 31.2 Å². The SMILES string of the molecule is CCC(CC)(CNC1CC(c2ccccc2OC)C1)SC. The molecule has 0 atom stereocenters. The highest BCUT2D eigenvalue weighted by molar-refractivity contribution is 8.00. The van der Waals surface area contributed by atoms with Crippen LogP contribution in [-0.2, 0) is 0 Å². The molecule has 0 aromatic heterocycles. The van der Waals surface area contributed by atoms with Crippen molar-refractivity contribution >= 4 is 11.8 Å². The average Bonchev–Trinajstić information content (AvgIpc) is 2.50. The summed E-state index contributed by atoms with van der Waals surface area (Å²) in [6.07, 6.45) is 7.18. The summed E-state index contributed by atoms with van der Waals surface area (Å²) in [5.41, 5.74) is 1.38. The van der Waals surface area contributed by atoms with Crippen LogP contribution in [0.25, 0.3) is 0 Å². The van der Waals surface area contributed by atoms with Crippen LogP contribution in [-0.4, -0.2) is 30.7 Å². The molecule has 0 heterocycles. The van der Waals surface area contributed by atoms with Crippen LogP contribution in [0.15, 0.2) is 24.3 Å². The van der Waals surface area contributed by atoms with Gasteiger partial charge in [-0.2, -0.15) is 11.8 Å². The van der Waals surface area contributed by atoms with Crippen molar-refractivity contribution in [1.29, 1.82) is 0 Å². The van der Waals surface area contributed by atoms with Gasteiger partial charge in [0.05, 0.1) is 7.11 Å². The van der Waals surface area contributed by atoms with Crippen molar-refractivity contribution in [1.82, 2.24) is 5.32 Å². The Morgan fingerprint density at radius 3 is 2.48 bits per heavy atom. The van der Waals surface area contributed by atoms with Crippen LogP contribution in [0.4, 0.5) is 0 Å². The monoisotopic (exact) mass is 307 g/mol. The minimum absolute atomic E-state index is 0.412. The van der Waals surface area contributed by atoms with Crippen LogP contribution in [0.1, 0.15) is 51.0 Å². The zero-order chi connectivity index (χ0) is 15.3. The molecule has 1 aliphatic carbocycles. The van der Waals surface area contributed by atoms with Gasteiger partial charge in [0.1, 0.15) is 5.75 Å². The van der Waals surface area contributed by atoms with Crippen molar-refractivity contribution in [3.8, 4) is 5.75 Å². The van der Waals surface area contributed by atoms with Gasteiger partial charge in [-0.1, -0.05) is 32.0 Å². The maximum Gasteiger partial charge on any atom is 0.122 e. The predicted octanol–water partition coefficient (Wildman–Crippen LogP) is 4.45. The quantitative estimate of drug-likeness (QED) is 0.766. The molecule has 0 bridgehead atoms. The predicted molar refractivity (Wildman–Crippen MR) is 93.6 cm³/mol. The Hall–Kier alpha value is -0.670. The molecule has 2 rings (SSSR count). The highest BCUT2D eigenvalue weighted by Gasteiger charge is 2.34. The molecule has 2 nitrogen and oxygen atoms in total. The summed E-state index contributed by atoms with van der Waals surface area (Å²) in [4.78, 5) is 0. The molecule has 21 heavy (non-hydrogen) atoms. The van der Waals surface area contributed by atoms with Gasteiger partial charge in [-0.05, 0) is 49.5 Å². The van der Waals surface area contributed by atoms with Crippen molar-refractivity contribution < 1.29 is 4.74 Å². The van der Waals surface area contributed by atoms with E-state index in [-0.39, 0.29) is 0 Å². The molecule has 1 fully saturated rings. The lowest BCUT2D eigenvalue weighted by Gasteiger charge is -2.40. The van der Waals surface area contributed by atoms with Crippen molar-refractivity contribution in [3.05, 3.63) is 29.8 Å². The van der Waals surface area contributed by atoms with Gasteiger partial charge in [-0.25, -0.2) is 0 Å². The first-order chi connectivity index (χ1) is 10.2. The molecule has 0 radical (unpaired) electrons. The summed E-state index contributed by atoms with van der Waals surface area (Å²) in [5, 5.41) is 3.79. The summed E-state index contributed by atoms with van der Waals surface area (Å²) in [5.74, 6) is 1.70. The van der Waals surface area contributed by atoms with Gasteiger partial charge in [0.25, 0.3) is 0 Å². The minimum Gasteiger partial charge on any atom is -0.496 e. The summed E-state index contributed by atoms with van der Waals surface area (Å²) in [6, 6.07) is 9.12. The molecule has 1 saturated carbocycles. The minimum atomic E-state index is 0.412. The first-order valence-electron chi connectivity index (χ1n) is 8.09. The molecule has 118 valence electrons. The number of hydrogen-bond donors (Lipinski definition) is 1. The van der Waals surface area contributed by atoms with E-state index in [9.17, 15) is 0 Å². The average molecular weight is 308 g/mol. The summed E-state index contributed by atoms with van der Waals surface area (Å²) >= 11 is 2.01. The second kappa shape index (κ2) is 7.55. The molecule has 1 aromatic carbocycles. The summed E-state index contributed by atoms with van der Waals surface area (Å²) in [6.45, 7) is 5.74. The lowest BCUT2D eigenvalue weighted by molar-refractivity contribution is 0.273. The van der Waals surface area contributed by atoms with Gasteiger partial charge in [-0.3, -0.25) is 0 Å². The molecule has 0 unspecified atom stereocenters. The second-order valence-electron chi connectivity index (χ2n) is 6.08. The van der Waals surface area contributed by atoms with Gasteiger partial charge in [-0.15, -0.1) is 0 Å². The van der Waals surface area contributed by atoms with Crippen LogP contribution in [0.3, 0.4) is 0 Å². The Balaban J connectivity index is 1.84. The van der Waals surface area contributed by atoms with Crippen molar-refractivity contribution in [2.75, 3.05) is 19.9 Å². The van der Waals surface area contributed by atoms with E-state index < -0.39 is 0 Å². The van der Waals surface area contributed by atoms with E-state index in [1.54, 1.807) is 7.11 Å². The van der Waals surface area contributed by atoms with Crippen LogP contribution in [0, 0.1) is 0 Å². The number of nitrogens with one attached hydrogen (secondary N) is 1. The molecule has 1 aliphatic rings. The van der Waals surface area contributed by atoms with E-state index in [4.69, 9.17) is 4.74 Å². The van der Waals surface area contributed by atoms with Gasteiger partial charge in [0, 0.05) is 17.3 Å². The third kappa shape index (κ3) is 3.75. The van der Waals surface area contributed by atoms with E-state index in [1.807, 2.05) is 17.8 Å². The smallest absolute Gasteiger partial charge is 0.122 e. The van der Waals surface area contributed by atoms with Gasteiger partial charge >= 0.3 is 0 Å². The Kier molecular flexibility index (Phi) is 6.00. The summed E-state index contributed by atoms with van der Waals surface area (Å²) in [7, 11) is 1.77. The lowest BCUT2D eigenvalue weighted by atomic mass is 9.75. The standard InChI is InChI=1S/C18H29NOS/c1-5-18(6-2,21-4)13-19-15-11-14(12-15)16-9-7-8-10-17(16)20-3/h7-10,14-15,19H,5-6,11-13H2,1-4H3. The molecule has 0 spiro atoms. The van der Waals surface area contributed by atoms with Gasteiger partial charge in [0.2, 0.25) is 0 Å². The molecule has 0 saturated heterocycles. The van der Waals surface area contributed by atoms with Crippen molar-refractivity contribution in [2.45, 2.75) is 56.2 Å². The lowest BCUT2D eigenvalue weighted by Crippen LogP contribution is -2.46. The molecule has 3 heteroatoms. The largest absolute Gasteiger partial charge is 0.496 e. The highest BCUT2D eigenvalue weighted by Crippen LogP contribution is 2.41. The number of methoxy groups -OCH3 is 1. The first kappa shape index (κ1) is 16.7. The number of thioether (sulfide) groups is 1. The fourth-order valence-corrected chi connectivity index (χ4v) is 4.04. The zero-order valence-corrected chi connectivity index (χ0v) is 14.6. The van der Waals surface area contributed by atoms with Crippen LogP contribution >= 0.6 is 11.8 Å². The molecular formula is C18H29NOS. The second-order valence-corrected chi connectivity index (χ2v) is 7.36. The van der Waals surface area contributed by atoms with Gasteiger partial charge < -0.3 is 10.1 Å². The highest BCUT2D eigenvalue weighted by atomic mass is 32.2. The van der Waals surface area contributed by atoms with Crippen LogP contribution in [0.2, 0.25) is 0 Å². The van der Waals surface area contributed by atoms with Crippen molar-refractivity contribution in [3.63, 3.8) is 0 Å². The van der Waals surface area contributed by atoms with Crippen molar-refractivity contribution in [2.24, 2.45) is 0 Å². The number of para-hydroxylation sites is 1. The Morgan fingerprint density at radius 2 is 1.90 bits per heavy atom. The molecule has 1 aromatic rings. The number of hydrogen-bond acceptors (Lipinski definition) is 3. The van der Waals surface area contributed by atoms with Gasteiger partial charge in [0.15, 0.2) is 0 Å². The maximum atomic E-state index is 5.48. The van der Waals surface area contributed by atoms with E-state index in [0.717, 1.165) is 12.3 Å². The molecular weight excluding hydrogens is 278 g/mol. The number of ether oxygens (including phenoxy) is 1. The zero-order valence-electron chi connectivity index (χ0n) is 13.8. The molecule has 0 aliphatic heterocycles. The third-order valence-electron chi connectivity index (χ3n) is 5.15. The summed E-state index contributed by atoms with van der Waals surface area (Å²) < 4.78 is 5.89. The van der Waals surface area contributed by atoms with E-state index in [0.29, 0.717) is 16.7 Å². The topological polar surface area (TPSA) is 21.3 Å². The number of benzene rings is 1. The fraction of sp³-hybridized carbons (Fsp3) is 0.667. The normalized spacial score (nSPS) is 21.9. The van der Waals surface area contributed by atoms with E-state index in [2.05, 4.69) is 43.6 Å². The molecule has 1 N–H and O–H groups in total. The Labute approximate surface area is 134 Å². The first-order valence-corrected chi connectivity index (χ1v) is 9.32. The molecule has 0 amide bonds.